The molecular formula is C18H24ClN3O2S. The van der Waals surface area contributed by atoms with Crippen LogP contribution < -0.4 is 10.3 Å². The molecule has 0 aliphatic heterocycles. The highest BCUT2D eigenvalue weighted by Crippen LogP contribution is 2.28. The molecule has 2 N–H and O–H groups in total. The molecule has 1 aromatic carbocycles. The quantitative estimate of drug-likeness (QED) is 0.800. The van der Waals surface area contributed by atoms with E-state index in [4.69, 9.17) is 11.6 Å². The fraction of sp³-hybridized carbons (Fsp3) is 0.444. The summed E-state index contributed by atoms with van der Waals surface area (Å²) in [5, 5.41) is 0.656. The van der Waals surface area contributed by atoms with Crippen LogP contribution in [0.25, 0.3) is 0 Å². The molecule has 1 heterocycles. The Hall–Kier alpha value is -1.50. The third kappa shape index (κ3) is 5.76. The highest BCUT2D eigenvalue weighted by atomic mass is 35.5. The van der Waals surface area contributed by atoms with Gasteiger partial charge in [0.05, 0.1) is 27.8 Å². The third-order valence-electron chi connectivity index (χ3n) is 3.87. The fourth-order valence-corrected chi connectivity index (χ4v) is 3.35. The van der Waals surface area contributed by atoms with Crippen LogP contribution in [-0.2, 0) is 11.0 Å². The summed E-state index contributed by atoms with van der Waals surface area (Å²) in [6.45, 7) is 7.79. The number of hydrogen-bond acceptors (Lipinski definition) is 3. The minimum atomic E-state index is -1.22. The van der Waals surface area contributed by atoms with Gasteiger partial charge in [0.25, 0.3) is 5.56 Å². The van der Waals surface area contributed by atoms with Gasteiger partial charge in [0.15, 0.2) is 0 Å². The van der Waals surface area contributed by atoms with Crippen molar-refractivity contribution in [2.45, 2.75) is 50.8 Å². The van der Waals surface area contributed by atoms with E-state index < -0.39 is 11.0 Å². The first-order valence-corrected chi connectivity index (χ1v) is 9.67. The lowest BCUT2D eigenvalue weighted by molar-refractivity contribution is 0.521. The SMILES string of the molecule is CC(C[C@H](N[S@@](=O)C(C)(C)C)c1ccc(Cl)cc1)c1cc(=O)[nH]cn1. The van der Waals surface area contributed by atoms with Crippen LogP contribution in [0.5, 0.6) is 0 Å². The van der Waals surface area contributed by atoms with Crippen molar-refractivity contribution in [1.29, 1.82) is 0 Å². The van der Waals surface area contributed by atoms with Gasteiger partial charge in [-0.2, -0.15) is 0 Å². The van der Waals surface area contributed by atoms with Gasteiger partial charge >= 0.3 is 0 Å². The number of rotatable bonds is 6. The molecule has 7 heteroatoms. The van der Waals surface area contributed by atoms with E-state index >= 15 is 0 Å². The van der Waals surface area contributed by atoms with Gasteiger partial charge in [0.2, 0.25) is 0 Å². The lowest BCUT2D eigenvalue weighted by Gasteiger charge is -2.26. The normalized spacial score (nSPS) is 15.6. The summed E-state index contributed by atoms with van der Waals surface area (Å²) in [7, 11) is -1.22. The second-order valence-electron chi connectivity index (χ2n) is 7.08. The molecule has 1 aromatic heterocycles. The Morgan fingerprint density at radius 3 is 2.48 bits per heavy atom. The largest absolute Gasteiger partial charge is 0.313 e. The van der Waals surface area contributed by atoms with Gasteiger partial charge in [-0.05, 0) is 44.9 Å². The second-order valence-corrected chi connectivity index (χ2v) is 9.51. The van der Waals surface area contributed by atoms with Crippen molar-refractivity contribution in [3.8, 4) is 0 Å². The molecular weight excluding hydrogens is 358 g/mol. The predicted octanol–water partition coefficient (Wildman–Crippen LogP) is 3.71. The van der Waals surface area contributed by atoms with Crippen LogP contribution in [0.1, 0.15) is 57.3 Å². The zero-order valence-electron chi connectivity index (χ0n) is 14.9. The van der Waals surface area contributed by atoms with Crippen LogP contribution in [0.3, 0.4) is 0 Å². The fourth-order valence-electron chi connectivity index (χ4n) is 2.38. The minimum Gasteiger partial charge on any atom is -0.313 e. The molecule has 0 amide bonds. The van der Waals surface area contributed by atoms with E-state index in [2.05, 4.69) is 14.7 Å². The third-order valence-corrected chi connectivity index (χ3v) is 5.73. The van der Waals surface area contributed by atoms with Crippen molar-refractivity contribution >= 4 is 22.6 Å². The molecule has 0 radical (unpaired) electrons. The van der Waals surface area contributed by atoms with Gasteiger partial charge in [-0.1, -0.05) is 30.7 Å². The lowest BCUT2D eigenvalue weighted by Crippen LogP contribution is -2.36. The van der Waals surface area contributed by atoms with Crippen LogP contribution in [0.15, 0.2) is 41.5 Å². The molecule has 0 saturated heterocycles. The highest BCUT2D eigenvalue weighted by molar-refractivity contribution is 7.84. The Morgan fingerprint density at radius 1 is 1.28 bits per heavy atom. The molecule has 0 spiro atoms. The van der Waals surface area contributed by atoms with Crippen LogP contribution in [-0.4, -0.2) is 18.9 Å². The molecule has 2 aromatic rings. The van der Waals surface area contributed by atoms with E-state index in [0.717, 1.165) is 5.56 Å². The first kappa shape index (κ1) is 19.8. The number of hydrogen-bond donors (Lipinski definition) is 2. The van der Waals surface area contributed by atoms with E-state index in [1.54, 1.807) is 0 Å². The van der Waals surface area contributed by atoms with E-state index in [9.17, 15) is 9.00 Å². The molecule has 0 aliphatic carbocycles. The van der Waals surface area contributed by atoms with E-state index in [1.165, 1.54) is 12.4 Å². The number of nitrogens with one attached hydrogen (secondary N) is 2. The summed E-state index contributed by atoms with van der Waals surface area (Å²) in [6, 6.07) is 8.86. The Balaban J connectivity index is 2.26. The number of halogens is 1. The van der Waals surface area contributed by atoms with E-state index in [-0.39, 0.29) is 22.3 Å². The molecule has 0 bridgehead atoms. The smallest absolute Gasteiger partial charge is 0.250 e. The summed E-state index contributed by atoms with van der Waals surface area (Å²) in [4.78, 5) is 18.3. The lowest BCUT2D eigenvalue weighted by atomic mass is 9.94. The maximum atomic E-state index is 12.6. The van der Waals surface area contributed by atoms with Crippen molar-refractivity contribution in [2.75, 3.05) is 0 Å². The summed E-state index contributed by atoms with van der Waals surface area (Å²) >= 11 is 5.99. The standard InChI is InChI=1S/C18H24ClN3O2S/c1-12(15-10-17(23)21-11-20-15)9-16(22-25(24)18(2,3)4)13-5-7-14(19)8-6-13/h5-8,10-12,16,22H,9H2,1-4H3,(H,20,21,23)/t12?,16-,25-/m0/s1. The van der Waals surface area contributed by atoms with Crippen molar-refractivity contribution in [1.82, 2.24) is 14.7 Å². The van der Waals surface area contributed by atoms with Crippen molar-refractivity contribution in [3.63, 3.8) is 0 Å². The van der Waals surface area contributed by atoms with Crippen molar-refractivity contribution < 1.29 is 4.21 Å². The zero-order chi connectivity index (χ0) is 18.6. The highest BCUT2D eigenvalue weighted by Gasteiger charge is 2.25. The number of benzene rings is 1. The van der Waals surface area contributed by atoms with Crippen LogP contribution in [0, 0.1) is 0 Å². The molecule has 0 saturated carbocycles. The topological polar surface area (TPSA) is 74.8 Å². The molecule has 136 valence electrons. The average molecular weight is 382 g/mol. The molecule has 2 rings (SSSR count). The van der Waals surface area contributed by atoms with Gasteiger partial charge in [0.1, 0.15) is 0 Å². The summed E-state index contributed by atoms with van der Waals surface area (Å²) < 4.78 is 15.4. The van der Waals surface area contributed by atoms with Crippen LogP contribution in [0.2, 0.25) is 5.02 Å². The molecule has 25 heavy (non-hydrogen) atoms. The number of aromatic nitrogens is 2. The summed E-state index contributed by atoms with van der Waals surface area (Å²) in [6.07, 6.45) is 2.06. The molecule has 5 nitrogen and oxygen atoms in total. The van der Waals surface area contributed by atoms with E-state index in [0.29, 0.717) is 17.1 Å². The maximum absolute atomic E-state index is 12.6. The number of H-pyrrole nitrogens is 1. The molecule has 0 fully saturated rings. The van der Waals surface area contributed by atoms with E-state index in [1.807, 2.05) is 52.0 Å². The Bertz CT molecular complexity index is 784. The van der Waals surface area contributed by atoms with Gasteiger partial charge < -0.3 is 4.98 Å². The first-order chi connectivity index (χ1) is 11.7. The Kier molecular flexibility index (Phi) is 6.54. The van der Waals surface area contributed by atoms with Crippen molar-refractivity contribution in [3.05, 3.63) is 63.3 Å². The predicted molar refractivity (Wildman–Crippen MR) is 103 cm³/mol. The monoisotopic (exact) mass is 381 g/mol. The maximum Gasteiger partial charge on any atom is 0.250 e. The first-order valence-electron chi connectivity index (χ1n) is 8.15. The van der Waals surface area contributed by atoms with Gasteiger partial charge in [-0.15, -0.1) is 0 Å². The molecule has 3 atom stereocenters. The second kappa shape index (κ2) is 8.25. The summed E-state index contributed by atoms with van der Waals surface area (Å²) in [5.74, 6) is 0.0208. The number of aromatic amines is 1. The van der Waals surface area contributed by atoms with Gasteiger partial charge in [-0.3, -0.25) is 4.79 Å². The minimum absolute atomic E-state index is 0.0208. The average Bonchev–Trinajstić information content (AvgIpc) is 2.54. The Morgan fingerprint density at radius 2 is 1.92 bits per heavy atom. The number of nitrogens with zero attached hydrogens (tertiary/aromatic N) is 1. The van der Waals surface area contributed by atoms with Crippen LogP contribution >= 0.6 is 11.6 Å². The Labute approximate surface area is 155 Å². The van der Waals surface area contributed by atoms with Gasteiger partial charge in [-0.25, -0.2) is 13.9 Å². The molecule has 1 unspecified atom stereocenters. The van der Waals surface area contributed by atoms with Crippen molar-refractivity contribution in [2.24, 2.45) is 0 Å². The van der Waals surface area contributed by atoms with Gasteiger partial charge in [0, 0.05) is 23.0 Å². The summed E-state index contributed by atoms with van der Waals surface area (Å²) in [5.41, 5.74) is 1.54. The molecule has 0 aliphatic rings. The van der Waals surface area contributed by atoms with Crippen LogP contribution in [0.4, 0.5) is 0 Å². The zero-order valence-corrected chi connectivity index (χ0v) is 16.4.